The van der Waals surface area contributed by atoms with Gasteiger partial charge in [-0.3, -0.25) is 0 Å². The van der Waals surface area contributed by atoms with Gasteiger partial charge < -0.3 is 9.84 Å². The van der Waals surface area contributed by atoms with Crippen LogP contribution in [0.2, 0.25) is 0 Å². The van der Waals surface area contributed by atoms with E-state index in [1.54, 1.807) is 0 Å². The zero-order valence-electron chi connectivity index (χ0n) is 7.88. The number of unbranched alkanes of at least 4 members (excludes halogenated alkanes) is 2. The molecule has 3 nitrogen and oxygen atoms in total. The summed E-state index contributed by atoms with van der Waals surface area (Å²) in [5.74, 6) is -0.853. The Morgan fingerprint density at radius 3 is 2.50 bits per heavy atom. The van der Waals surface area contributed by atoms with Crippen molar-refractivity contribution in [3.63, 3.8) is 0 Å². The number of carboxylic acids is 1. The van der Waals surface area contributed by atoms with Crippen LogP contribution in [0.15, 0.2) is 0 Å². The Bertz CT molecular complexity index is 123. The molecule has 0 saturated heterocycles. The molecule has 0 aliphatic carbocycles. The molecule has 0 aromatic rings. The highest BCUT2D eigenvalue weighted by Crippen LogP contribution is 2.01. The van der Waals surface area contributed by atoms with E-state index in [4.69, 9.17) is 9.84 Å². The third-order valence-electron chi connectivity index (χ3n) is 1.71. The number of rotatable bonds is 7. The van der Waals surface area contributed by atoms with Gasteiger partial charge in [0.05, 0.1) is 0 Å². The molecule has 12 heavy (non-hydrogen) atoms. The first kappa shape index (κ1) is 11.4. The number of hydrogen-bond donors (Lipinski definition) is 1. The molecule has 0 aromatic carbocycles. The minimum atomic E-state index is -0.853. The lowest BCUT2D eigenvalue weighted by atomic mass is 10.2. The van der Waals surface area contributed by atoms with Crippen molar-refractivity contribution in [2.45, 2.75) is 45.6 Å². The summed E-state index contributed by atoms with van der Waals surface area (Å²) < 4.78 is 5.16. The predicted octanol–water partition coefficient (Wildman–Crippen LogP) is 2.06. The SMILES string of the molecule is CCCCCOC(CC)C(=O)O. The van der Waals surface area contributed by atoms with E-state index >= 15 is 0 Å². The quantitative estimate of drug-likeness (QED) is 0.601. The molecule has 0 rings (SSSR count). The monoisotopic (exact) mass is 174 g/mol. The van der Waals surface area contributed by atoms with Gasteiger partial charge in [-0.15, -0.1) is 0 Å². The lowest BCUT2D eigenvalue weighted by Gasteiger charge is -2.10. The van der Waals surface area contributed by atoms with E-state index in [0.717, 1.165) is 19.3 Å². The Hall–Kier alpha value is -0.570. The molecule has 3 heteroatoms. The minimum absolute atomic E-state index is 0.543. The van der Waals surface area contributed by atoms with Crippen LogP contribution in [-0.2, 0) is 9.53 Å². The van der Waals surface area contributed by atoms with E-state index in [9.17, 15) is 4.79 Å². The topological polar surface area (TPSA) is 46.5 Å². The molecule has 0 heterocycles. The Morgan fingerprint density at radius 2 is 2.08 bits per heavy atom. The summed E-state index contributed by atoms with van der Waals surface area (Å²) in [6, 6.07) is 0. The number of carbonyl (C=O) groups is 1. The van der Waals surface area contributed by atoms with Gasteiger partial charge in [0.1, 0.15) is 0 Å². The highest BCUT2D eigenvalue weighted by atomic mass is 16.5. The van der Waals surface area contributed by atoms with Gasteiger partial charge in [0, 0.05) is 6.61 Å². The fourth-order valence-electron chi connectivity index (χ4n) is 0.941. The fourth-order valence-corrected chi connectivity index (χ4v) is 0.941. The van der Waals surface area contributed by atoms with Crippen molar-refractivity contribution in [2.75, 3.05) is 6.61 Å². The molecule has 0 aliphatic rings. The fraction of sp³-hybridized carbons (Fsp3) is 0.889. The van der Waals surface area contributed by atoms with E-state index in [2.05, 4.69) is 6.92 Å². The second-order valence-electron chi connectivity index (χ2n) is 2.81. The van der Waals surface area contributed by atoms with Crippen LogP contribution in [0.25, 0.3) is 0 Å². The first-order valence-corrected chi connectivity index (χ1v) is 4.56. The Balaban J connectivity index is 3.38. The van der Waals surface area contributed by atoms with Crippen molar-refractivity contribution >= 4 is 5.97 Å². The average Bonchev–Trinajstić information content (AvgIpc) is 2.04. The van der Waals surface area contributed by atoms with E-state index in [0.29, 0.717) is 13.0 Å². The average molecular weight is 174 g/mol. The van der Waals surface area contributed by atoms with Gasteiger partial charge in [-0.25, -0.2) is 4.79 Å². The van der Waals surface area contributed by atoms with Crippen LogP contribution >= 0.6 is 0 Å². The number of hydrogen-bond acceptors (Lipinski definition) is 2. The van der Waals surface area contributed by atoms with Crippen LogP contribution < -0.4 is 0 Å². The Labute approximate surface area is 73.7 Å². The summed E-state index contributed by atoms with van der Waals surface area (Å²) in [6.07, 6.45) is 3.13. The van der Waals surface area contributed by atoms with Gasteiger partial charge in [-0.2, -0.15) is 0 Å². The molecule has 0 bridgehead atoms. The van der Waals surface area contributed by atoms with Crippen LogP contribution in [0, 0.1) is 0 Å². The molecule has 0 aromatic heterocycles. The molecule has 1 N–H and O–H groups in total. The van der Waals surface area contributed by atoms with Crippen LogP contribution in [0.4, 0.5) is 0 Å². The molecule has 0 amide bonds. The Morgan fingerprint density at radius 1 is 1.42 bits per heavy atom. The summed E-state index contributed by atoms with van der Waals surface area (Å²) in [7, 11) is 0. The largest absolute Gasteiger partial charge is 0.479 e. The van der Waals surface area contributed by atoms with Gasteiger partial charge in [0.15, 0.2) is 6.10 Å². The zero-order valence-corrected chi connectivity index (χ0v) is 7.88. The summed E-state index contributed by atoms with van der Waals surface area (Å²) >= 11 is 0. The maximum atomic E-state index is 10.5. The van der Waals surface area contributed by atoms with E-state index in [1.807, 2.05) is 6.92 Å². The predicted molar refractivity (Wildman–Crippen MR) is 47.2 cm³/mol. The third kappa shape index (κ3) is 5.13. The molecular weight excluding hydrogens is 156 g/mol. The van der Waals surface area contributed by atoms with Gasteiger partial charge in [0.25, 0.3) is 0 Å². The minimum Gasteiger partial charge on any atom is -0.479 e. The molecule has 0 spiro atoms. The summed E-state index contributed by atoms with van der Waals surface area (Å²) in [5, 5.41) is 8.60. The summed E-state index contributed by atoms with van der Waals surface area (Å²) in [5.41, 5.74) is 0. The zero-order chi connectivity index (χ0) is 9.40. The number of carboxylic acid groups (broad SMARTS) is 1. The van der Waals surface area contributed by atoms with Crippen molar-refractivity contribution in [3.05, 3.63) is 0 Å². The summed E-state index contributed by atoms with van der Waals surface area (Å²) in [6.45, 7) is 4.49. The van der Waals surface area contributed by atoms with Crippen molar-refractivity contribution in [1.82, 2.24) is 0 Å². The molecule has 0 aliphatic heterocycles. The molecule has 1 unspecified atom stereocenters. The maximum Gasteiger partial charge on any atom is 0.332 e. The van der Waals surface area contributed by atoms with Gasteiger partial charge in [-0.1, -0.05) is 26.7 Å². The first-order valence-electron chi connectivity index (χ1n) is 4.56. The third-order valence-corrected chi connectivity index (χ3v) is 1.71. The molecule has 72 valence electrons. The second kappa shape index (κ2) is 7.10. The van der Waals surface area contributed by atoms with Crippen LogP contribution in [0.3, 0.4) is 0 Å². The van der Waals surface area contributed by atoms with Gasteiger partial charge in [0.2, 0.25) is 0 Å². The molecule has 0 radical (unpaired) electrons. The van der Waals surface area contributed by atoms with E-state index in [-0.39, 0.29) is 0 Å². The van der Waals surface area contributed by atoms with Gasteiger partial charge in [-0.05, 0) is 12.8 Å². The van der Waals surface area contributed by atoms with Crippen LogP contribution in [0.5, 0.6) is 0 Å². The first-order chi connectivity index (χ1) is 5.72. The lowest BCUT2D eigenvalue weighted by molar-refractivity contribution is -0.150. The van der Waals surface area contributed by atoms with Crippen LogP contribution in [0.1, 0.15) is 39.5 Å². The second-order valence-corrected chi connectivity index (χ2v) is 2.81. The highest BCUT2D eigenvalue weighted by Gasteiger charge is 2.14. The van der Waals surface area contributed by atoms with E-state index in [1.165, 1.54) is 0 Å². The highest BCUT2D eigenvalue weighted by molar-refractivity contribution is 5.72. The van der Waals surface area contributed by atoms with Crippen molar-refractivity contribution in [1.29, 1.82) is 0 Å². The van der Waals surface area contributed by atoms with Crippen molar-refractivity contribution in [3.8, 4) is 0 Å². The Kier molecular flexibility index (Phi) is 6.76. The lowest BCUT2D eigenvalue weighted by Crippen LogP contribution is -2.23. The smallest absolute Gasteiger partial charge is 0.332 e. The van der Waals surface area contributed by atoms with E-state index < -0.39 is 12.1 Å². The molecule has 1 atom stereocenters. The summed E-state index contributed by atoms with van der Waals surface area (Å²) in [4.78, 5) is 10.5. The van der Waals surface area contributed by atoms with Crippen LogP contribution in [-0.4, -0.2) is 23.8 Å². The number of aliphatic carboxylic acids is 1. The standard InChI is InChI=1S/C9H18O3/c1-3-5-6-7-12-8(4-2)9(10)11/h8H,3-7H2,1-2H3,(H,10,11). The van der Waals surface area contributed by atoms with Gasteiger partial charge >= 0.3 is 5.97 Å². The molecule has 0 saturated carbocycles. The normalized spacial score (nSPS) is 12.8. The molecule has 0 fully saturated rings. The van der Waals surface area contributed by atoms with Crippen molar-refractivity contribution in [2.24, 2.45) is 0 Å². The molecular formula is C9H18O3. The number of ether oxygens (including phenoxy) is 1. The maximum absolute atomic E-state index is 10.5. The van der Waals surface area contributed by atoms with Crippen molar-refractivity contribution < 1.29 is 14.6 Å².